The molecule has 0 radical (unpaired) electrons. The highest BCUT2D eigenvalue weighted by atomic mass is 79.9. The van der Waals surface area contributed by atoms with E-state index in [1.54, 1.807) is 12.1 Å². The molecule has 0 aliphatic heterocycles. The molecule has 0 N–H and O–H groups in total. The highest BCUT2D eigenvalue weighted by Crippen LogP contribution is 2.61. The van der Waals surface area contributed by atoms with Crippen molar-refractivity contribution in [1.82, 2.24) is 4.98 Å². The average Bonchev–Trinajstić information content (AvgIpc) is 3.87. The SMILES string of the molecule is Fc1ccccc1-c1c(C[P+](c2ccccc2)(c2ccccc2)c2ccccc2)c(C2CC2)nc2ccccc12.[Br-]. The Morgan fingerprint density at radius 1 is 0.610 bits per heavy atom. The molecule has 7 rings (SSSR count). The average molecular weight is 619 g/mol. The van der Waals surface area contributed by atoms with E-state index in [1.165, 1.54) is 21.5 Å². The Hall–Kier alpha value is -3.65. The molecular weight excluding hydrogens is 588 g/mol. The van der Waals surface area contributed by atoms with Crippen molar-refractivity contribution in [3.63, 3.8) is 0 Å². The Morgan fingerprint density at radius 3 is 1.63 bits per heavy atom. The van der Waals surface area contributed by atoms with E-state index >= 15 is 4.39 Å². The van der Waals surface area contributed by atoms with Crippen LogP contribution in [0.15, 0.2) is 140 Å². The molecule has 41 heavy (non-hydrogen) atoms. The van der Waals surface area contributed by atoms with Gasteiger partial charge in [0.15, 0.2) is 0 Å². The number of hydrogen-bond acceptors (Lipinski definition) is 1. The summed E-state index contributed by atoms with van der Waals surface area (Å²) in [6, 6.07) is 48.3. The topological polar surface area (TPSA) is 12.9 Å². The van der Waals surface area contributed by atoms with Gasteiger partial charge >= 0.3 is 0 Å². The number of para-hydroxylation sites is 1. The molecule has 0 spiro atoms. The van der Waals surface area contributed by atoms with Crippen molar-refractivity contribution in [2.24, 2.45) is 0 Å². The number of aromatic nitrogens is 1. The molecule has 1 fully saturated rings. The van der Waals surface area contributed by atoms with E-state index in [0.29, 0.717) is 11.5 Å². The quantitative estimate of drug-likeness (QED) is 0.218. The predicted molar refractivity (Wildman–Crippen MR) is 168 cm³/mol. The third-order valence-electron chi connectivity index (χ3n) is 8.12. The summed E-state index contributed by atoms with van der Waals surface area (Å²) in [5.74, 6) is 0.222. The van der Waals surface area contributed by atoms with Gasteiger partial charge in [-0.15, -0.1) is 0 Å². The molecule has 1 aliphatic rings. The van der Waals surface area contributed by atoms with Gasteiger partial charge in [0.05, 0.1) is 11.2 Å². The van der Waals surface area contributed by atoms with Gasteiger partial charge < -0.3 is 17.0 Å². The number of rotatable bonds is 7. The minimum absolute atomic E-state index is 0. The number of fused-ring (bicyclic) bond motifs is 1. The summed E-state index contributed by atoms with van der Waals surface area (Å²) in [7, 11) is -2.22. The first-order chi connectivity index (χ1) is 19.8. The van der Waals surface area contributed by atoms with E-state index in [2.05, 4.69) is 103 Å². The smallest absolute Gasteiger partial charge is 0.131 e. The molecule has 6 aromatic rings. The minimum Gasteiger partial charge on any atom is -1.00 e. The molecule has 5 aromatic carbocycles. The Morgan fingerprint density at radius 2 is 1.10 bits per heavy atom. The van der Waals surface area contributed by atoms with E-state index < -0.39 is 7.26 Å². The summed E-state index contributed by atoms with van der Waals surface area (Å²) >= 11 is 0. The minimum atomic E-state index is -2.22. The van der Waals surface area contributed by atoms with Gasteiger partial charge in [0, 0.05) is 28.0 Å². The molecule has 0 atom stereocenters. The van der Waals surface area contributed by atoms with Crippen LogP contribution < -0.4 is 32.9 Å². The number of pyridine rings is 1. The van der Waals surface area contributed by atoms with Crippen molar-refractivity contribution >= 4 is 34.1 Å². The van der Waals surface area contributed by atoms with Crippen LogP contribution in [0.1, 0.15) is 30.0 Å². The monoisotopic (exact) mass is 617 g/mol. The summed E-state index contributed by atoms with van der Waals surface area (Å²) in [6.07, 6.45) is 3.03. The van der Waals surface area contributed by atoms with Crippen LogP contribution in [0, 0.1) is 5.82 Å². The predicted octanol–water partition coefficient (Wildman–Crippen LogP) is 5.42. The molecule has 0 amide bonds. The van der Waals surface area contributed by atoms with Crippen LogP contribution in [-0.2, 0) is 6.16 Å². The van der Waals surface area contributed by atoms with Gasteiger partial charge in [-0.2, -0.15) is 0 Å². The lowest BCUT2D eigenvalue weighted by Gasteiger charge is -2.30. The molecule has 202 valence electrons. The molecule has 1 saturated carbocycles. The van der Waals surface area contributed by atoms with Crippen LogP contribution in [0.3, 0.4) is 0 Å². The lowest BCUT2D eigenvalue weighted by atomic mass is 9.93. The number of benzene rings is 5. The highest BCUT2D eigenvalue weighted by molar-refractivity contribution is 7.95. The lowest BCUT2D eigenvalue weighted by molar-refractivity contribution is -0.00000828. The van der Waals surface area contributed by atoms with Crippen LogP contribution in [0.2, 0.25) is 0 Å². The number of hydrogen-bond donors (Lipinski definition) is 0. The summed E-state index contributed by atoms with van der Waals surface area (Å²) in [5, 5.41) is 4.98. The Kier molecular flexibility index (Phi) is 7.84. The second kappa shape index (κ2) is 11.7. The zero-order valence-electron chi connectivity index (χ0n) is 22.6. The fourth-order valence-corrected chi connectivity index (χ4v) is 10.4. The van der Waals surface area contributed by atoms with Crippen LogP contribution in [0.25, 0.3) is 22.0 Å². The molecule has 1 nitrogen and oxygen atoms in total. The lowest BCUT2D eigenvalue weighted by Crippen LogP contribution is -3.00. The van der Waals surface area contributed by atoms with Crippen molar-refractivity contribution < 1.29 is 21.4 Å². The van der Waals surface area contributed by atoms with Gasteiger partial charge in [0.1, 0.15) is 35.2 Å². The second-order valence-electron chi connectivity index (χ2n) is 10.6. The summed E-state index contributed by atoms with van der Waals surface area (Å²) in [6.45, 7) is 0. The van der Waals surface area contributed by atoms with Gasteiger partial charge in [-0.1, -0.05) is 91.0 Å². The number of nitrogens with zero attached hydrogens (tertiary/aromatic N) is 1. The highest BCUT2D eigenvalue weighted by Gasteiger charge is 2.47. The first-order valence-corrected chi connectivity index (χ1v) is 15.9. The molecule has 1 heterocycles. The second-order valence-corrected chi connectivity index (χ2v) is 14.1. The van der Waals surface area contributed by atoms with E-state index in [0.717, 1.165) is 41.2 Å². The van der Waals surface area contributed by atoms with Crippen LogP contribution in [-0.4, -0.2) is 4.98 Å². The van der Waals surface area contributed by atoms with Crippen molar-refractivity contribution in [2.75, 3.05) is 0 Å². The molecule has 0 bridgehead atoms. The Balaban J connectivity index is 0.00000302. The standard InChI is InChI=1S/C37H30FNP.BrH/c38-34-22-12-10-20-31(34)36-32-21-11-13-23-35(32)39-37(27-24-25-27)33(36)26-40(28-14-4-1-5-15-28,29-16-6-2-7-17-29)30-18-8-3-9-19-30;/h1-23,27H,24-26H2;1H/q+1;/p-1. The molecule has 4 heteroatoms. The van der Waals surface area contributed by atoms with Gasteiger partial charge in [0.25, 0.3) is 0 Å². The molecule has 1 aromatic heterocycles. The summed E-state index contributed by atoms with van der Waals surface area (Å²) in [5.41, 5.74) is 4.93. The Bertz CT molecular complexity index is 1690. The van der Waals surface area contributed by atoms with Gasteiger partial charge in [0.2, 0.25) is 0 Å². The van der Waals surface area contributed by atoms with Crippen LogP contribution in [0.5, 0.6) is 0 Å². The van der Waals surface area contributed by atoms with Crippen molar-refractivity contribution in [3.05, 3.63) is 157 Å². The number of halogens is 2. The maximum absolute atomic E-state index is 15.7. The van der Waals surface area contributed by atoms with Crippen LogP contribution in [0.4, 0.5) is 4.39 Å². The maximum atomic E-state index is 15.7. The van der Waals surface area contributed by atoms with Crippen molar-refractivity contribution in [1.29, 1.82) is 0 Å². The third kappa shape index (κ3) is 5.03. The zero-order chi connectivity index (χ0) is 26.9. The molecule has 0 unspecified atom stereocenters. The van der Waals surface area contributed by atoms with E-state index in [-0.39, 0.29) is 22.8 Å². The Labute approximate surface area is 252 Å². The van der Waals surface area contributed by atoms with E-state index in [9.17, 15) is 0 Å². The van der Waals surface area contributed by atoms with Gasteiger partial charge in [-0.05, 0) is 61.4 Å². The maximum Gasteiger partial charge on any atom is 0.131 e. The first-order valence-electron chi connectivity index (χ1n) is 14.0. The fourth-order valence-electron chi connectivity index (χ4n) is 6.10. The van der Waals surface area contributed by atoms with Gasteiger partial charge in [-0.3, -0.25) is 4.98 Å². The summed E-state index contributed by atoms with van der Waals surface area (Å²) < 4.78 is 15.7. The van der Waals surface area contributed by atoms with Crippen molar-refractivity contribution in [3.8, 4) is 11.1 Å². The molecule has 1 aliphatic carbocycles. The normalized spacial score (nSPS) is 13.1. The van der Waals surface area contributed by atoms with Gasteiger partial charge in [-0.25, -0.2) is 4.39 Å². The van der Waals surface area contributed by atoms with E-state index in [1.807, 2.05) is 24.3 Å². The fraction of sp³-hybridized carbons (Fsp3) is 0.108. The zero-order valence-corrected chi connectivity index (χ0v) is 25.1. The van der Waals surface area contributed by atoms with E-state index in [4.69, 9.17) is 4.98 Å². The first kappa shape index (κ1) is 27.5. The molecule has 0 saturated heterocycles. The largest absolute Gasteiger partial charge is 1.00 e. The summed E-state index contributed by atoms with van der Waals surface area (Å²) in [4.78, 5) is 5.31. The van der Waals surface area contributed by atoms with Crippen LogP contribution >= 0.6 is 7.26 Å². The third-order valence-corrected chi connectivity index (χ3v) is 12.4. The van der Waals surface area contributed by atoms with Crippen molar-refractivity contribution in [2.45, 2.75) is 24.9 Å². The molecular formula is C37H30BrFNP.